The van der Waals surface area contributed by atoms with E-state index in [1.165, 1.54) is 0 Å². The second-order valence-electron chi connectivity index (χ2n) is 6.28. The van der Waals surface area contributed by atoms with Crippen molar-refractivity contribution in [3.63, 3.8) is 0 Å². The van der Waals surface area contributed by atoms with E-state index in [1.807, 2.05) is 20.8 Å². The van der Waals surface area contributed by atoms with Crippen LogP contribution >= 0.6 is 23.2 Å². The predicted molar refractivity (Wildman–Crippen MR) is 101 cm³/mol. The average molecular weight is 364 g/mol. The molecule has 0 radical (unpaired) electrons. The van der Waals surface area contributed by atoms with Gasteiger partial charge >= 0.3 is 0 Å². The zero-order valence-electron chi connectivity index (χ0n) is 13.7. The summed E-state index contributed by atoms with van der Waals surface area (Å²) in [6, 6.07) is 14.1. The van der Waals surface area contributed by atoms with E-state index in [9.17, 15) is 4.79 Å². The van der Waals surface area contributed by atoms with Crippen LogP contribution in [0.4, 0.5) is 11.4 Å². The van der Waals surface area contributed by atoms with Gasteiger partial charge in [0.1, 0.15) is 0 Å². The fraction of sp³-hybridized carbons (Fsp3) is 0.222. The highest BCUT2D eigenvalue weighted by atomic mass is 35.5. The lowest BCUT2D eigenvalue weighted by molar-refractivity contribution is -0.119. The maximum atomic E-state index is 12.6. The van der Waals surface area contributed by atoms with Gasteiger partial charge in [0, 0.05) is 15.5 Å². The van der Waals surface area contributed by atoms with Crippen LogP contribution in [0.1, 0.15) is 20.8 Å². The molecule has 126 valence electrons. The van der Waals surface area contributed by atoms with Crippen molar-refractivity contribution in [1.29, 1.82) is 0 Å². The number of nitrogens with one attached hydrogen (secondary N) is 2. The molecule has 0 heterocycles. The SMILES string of the molecule is CC(C)(C)C(=O)C(=Nc1cccc(Cl)c1)NNc1ccc(Cl)cc1. The maximum absolute atomic E-state index is 12.6. The number of hydrogen-bond acceptors (Lipinski definition) is 3. The lowest BCUT2D eigenvalue weighted by Crippen LogP contribution is -2.41. The molecular weight excluding hydrogens is 345 g/mol. The van der Waals surface area contributed by atoms with Crippen molar-refractivity contribution in [3.8, 4) is 0 Å². The number of aliphatic imine (C=N–C) groups is 1. The normalized spacial score (nSPS) is 12.0. The van der Waals surface area contributed by atoms with Crippen molar-refractivity contribution >= 4 is 46.2 Å². The minimum atomic E-state index is -0.577. The van der Waals surface area contributed by atoms with Crippen molar-refractivity contribution in [2.24, 2.45) is 10.4 Å². The van der Waals surface area contributed by atoms with Gasteiger partial charge in [-0.15, -0.1) is 0 Å². The van der Waals surface area contributed by atoms with E-state index in [1.54, 1.807) is 48.5 Å². The number of Topliss-reactive ketones (excluding diaryl/α,β-unsaturated/α-hetero) is 1. The summed E-state index contributed by atoms with van der Waals surface area (Å²) < 4.78 is 0. The second-order valence-corrected chi connectivity index (χ2v) is 7.15. The molecule has 4 nitrogen and oxygen atoms in total. The summed E-state index contributed by atoms with van der Waals surface area (Å²) in [6.07, 6.45) is 0. The molecule has 0 saturated heterocycles. The van der Waals surface area contributed by atoms with Gasteiger partial charge in [0.2, 0.25) is 5.78 Å². The van der Waals surface area contributed by atoms with Gasteiger partial charge in [-0.3, -0.25) is 15.6 Å². The van der Waals surface area contributed by atoms with E-state index in [0.29, 0.717) is 15.7 Å². The van der Waals surface area contributed by atoms with E-state index in [2.05, 4.69) is 15.8 Å². The Morgan fingerprint density at radius 3 is 2.25 bits per heavy atom. The Labute approximate surface area is 151 Å². The highest BCUT2D eigenvalue weighted by Crippen LogP contribution is 2.21. The molecule has 24 heavy (non-hydrogen) atoms. The van der Waals surface area contributed by atoms with Gasteiger partial charge in [-0.1, -0.05) is 50.0 Å². The van der Waals surface area contributed by atoms with Gasteiger partial charge in [-0.05, 0) is 42.5 Å². The van der Waals surface area contributed by atoms with Crippen molar-refractivity contribution in [1.82, 2.24) is 5.43 Å². The lowest BCUT2D eigenvalue weighted by Gasteiger charge is -2.19. The Balaban J connectivity index is 2.26. The van der Waals surface area contributed by atoms with Gasteiger partial charge in [0.15, 0.2) is 5.84 Å². The minimum Gasteiger partial charge on any atom is -0.300 e. The molecule has 0 unspecified atom stereocenters. The Hall–Kier alpha value is -2.04. The number of benzene rings is 2. The van der Waals surface area contributed by atoms with Crippen LogP contribution in [0.15, 0.2) is 53.5 Å². The molecule has 6 heteroatoms. The van der Waals surface area contributed by atoms with Gasteiger partial charge in [-0.2, -0.15) is 0 Å². The fourth-order valence-electron chi connectivity index (χ4n) is 1.83. The molecule has 0 atom stereocenters. The first-order valence-corrected chi connectivity index (χ1v) is 8.18. The number of ketones is 1. The first-order chi connectivity index (χ1) is 11.3. The Morgan fingerprint density at radius 1 is 1.00 bits per heavy atom. The number of halogens is 2. The van der Waals surface area contributed by atoms with E-state index >= 15 is 0 Å². The quantitative estimate of drug-likeness (QED) is 0.442. The van der Waals surface area contributed by atoms with Crippen LogP contribution in [0.3, 0.4) is 0 Å². The Morgan fingerprint density at radius 2 is 1.67 bits per heavy atom. The van der Waals surface area contributed by atoms with Gasteiger partial charge < -0.3 is 0 Å². The monoisotopic (exact) mass is 363 g/mol. The summed E-state index contributed by atoms with van der Waals surface area (Å²) >= 11 is 11.9. The third-order valence-corrected chi connectivity index (χ3v) is 3.60. The third kappa shape index (κ3) is 5.25. The molecule has 0 bridgehead atoms. The van der Waals surface area contributed by atoms with E-state index in [0.717, 1.165) is 5.69 Å². The van der Waals surface area contributed by atoms with E-state index < -0.39 is 5.41 Å². The molecule has 2 aromatic carbocycles. The van der Waals surface area contributed by atoms with Gasteiger partial charge in [0.25, 0.3) is 0 Å². The minimum absolute atomic E-state index is 0.121. The van der Waals surface area contributed by atoms with Crippen LogP contribution < -0.4 is 10.9 Å². The maximum Gasteiger partial charge on any atom is 0.204 e. The summed E-state index contributed by atoms with van der Waals surface area (Å²) in [5.41, 5.74) is 6.64. The topological polar surface area (TPSA) is 53.5 Å². The van der Waals surface area contributed by atoms with Crippen LogP contribution in [0.25, 0.3) is 0 Å². The molecule has 0 saturated carbocycles. The van der Waals surface area contributed by atoms with Gasteiger partial charge in [-0.25, -0.2) is 4.99 Å². The largest absolute Gasteiger partial charge is 0.300 e. The van der Waals surface area contributed by atoms with Crippen LogP contribution in [-0.4, -0.2) is 11.6 Å². The molecule has 0 amide bonds. The van der Waals surface area contributed by atoms with Crippen molar-refractivity contribution < 1.29 is 4.79 Å². The molecule has 2 aromatic rings. The first-order valence-electron chi connectivity index (χ1n) is 7.42. The molecule has 0 aliphatic carbocycles. The number of anilines is 1. The van der Waals surface area contributed by atoms with E-state index in [-0.39, 0.29) is 11.6 Å². The predicted octanol–water partition coefficient (Wildman–Crippen LogP) is 5.26. The first kappa shape index (κ1) is 18.3. The van der Waals surface area contributed by atoms with Crippen molar-refractivity contribution in [2.45, 2.75) is 20.8 Å². The number of carbonyl (C=O) groups is 1. The standard InChI is InChI=1S/C18H19Cl2N3O/c1-18(2,3)16(24)17(21-15-6-4-5-13(20)11-15)23-22-14-9-7-12(19)8-10-14/h4-11,22H,1-3H3,(H,21,23). The van der Waals surface area contributed by atoms with Crippen LogP contribution in [0.2, 0.25) is 10.0 Å². The zero-order valence-corrected chi connectivity index (χ0v) is 15.2. The summed E-state index contributed by atoms with van der Waals surface area (Å²) in [7, 11) is 0. The van der Waals surface area contributed by atoms with Gasteiger partial charge in [0.05, 0.1) is 11.4 Å². The molecule has 2 N–H and O–H groups in total. The highest BCUT2D eigenvalue weighted by molar-refractivity contribution is 6.41. The zero-order chi connectivity index (χ0) is 17.7. The van der Waals surface area contributed by atoms with Crippen molar-refractivity contribution in [3.05, 3.63) is 58.6 Å². The second kappa shape index (κ2) is 7.69. The summed E-state index contributed by atoms with van der Waals surface area (Å²) in [6.45, 7) is 5.52. The van der Waals surface area contributed by atoms with Crippen LogP contribution in [0, 0.1) is 5.41 Å². The van der Waals surface area contributed by atoms with E-state index in [4.69, 9.17) is 23.2 Å². The lowest BCUT2D eigenvalue weighted by atomic mass is 9.90. The number of hydrogen-bond donors (Lipinski definition) is 2. The fourth-order valence-corrected chi connectivity index (χ4v) is 2.14. The molecule has 0 aromatic heterocycles. The number of carbonyl (C=O) groups excluding carboxylic acids is 1. The number of hydrazine groups is 1. The molecular formula is C18H19Cl2N3O. The third-order valence-electron chi connectivity index (χ3n) is 3.11. The summed E-state index contributed by atoms with van der Waals surface area (Å²) in [5, 5.41) is 1.20. The smallest absolute Gasteiger partial charge is 0.204 e. The Kier molecular flexibility index (Phi) is 5.86. The van der Waals surface area contributed by atoms with Crippen molar-refractivity contribution in [2.75, 3.05) is 5.43 Å². The average Bonchev–Trinajstić information content (AvgIpc) is 2.51. The Bertz CT molecular complexity index is 750. The molecule has 0 aliphatic rings. The highest BCUT2D eigenvalue weighted by Gasteiger charge is 2.26. The summed E-state index contributed by atoms with van der Waals surface area (Å²) in [4.78, 5) is 17.0. The van der Waals surface area contributed by atoms with Crippen LogP contribution in [0.5, 0.6) is 0 Å². The summed E-state index contributed by atoms with van der Waals surface area (Å²) in [5.74, 6) is 0.0867. The number of nitrogens with zero attached hydrogens (tertiary/aromatic N) is 1. The molecule has 0 spiro atoms. The number of rotatable bonds is 4. The van der Waals surface area contributed by atoms with Crippen LogP contribution in [-0.2, 0) is 4.79 Å². The molecule has 2 rings (SSSR count). The molecule has 0 aliphatic heterocycles. The number of amidine groups is 1. The molecule has 0 fully saturated rings.